The van der Waals surface area contributed by atoms with Crippen molar-refractivity contribution in [3.05, 3.63) is 83.9 Å². The topological polar surface area (TPSA) is 56.8 Å². The molecule has 1 amide bonds. The zero-order valence-corrected chi connectivity index (χ0v) is 15.9. The van der Waals surface area contributed by atoms with Crippen LogP contribution in [-0.2, 0) is 4.79 Å². The Balaban J connectivity index is 1.37. The number of nitrogens with one attached hydrogen (secondary N) is 1. The minimum atomic E-state index is -0.250. The van der Waals surface area contributed by atoms with Crippen molar-refractivity contribution in [2.75, 3.05) is 25.1 Å². The van der Waals surface area contributed by atoms with Crippen LogP contribution in [0.5, 0.6) is 17.2 Å². The summed E-state index contributed by atoms with van der Waals surface area (Å²) in [7, 11) is 0. The van der Waals surface area contributed by atoms with Crippen LogP contribution in [0.3, 0.4) is 0 Å². The molecule has 1 N–H and O–H groups in total. The van der Waals surface area contributed by atoms with Crippen LogP contribution in [0.25, 0.3) is 0 Å². The molecule has 3 aromatic rings. The Bertz CT molecular complexity index is 867. The van der Waals surface area contributed by atoms with Crippen LogP contribution < -0.4 is 19.5 Å². The average Bonchev–Trinajstić information content (AvgIpc) is 2.73. The molecule has 28 heavy (non-hydrogen) atoms. The molecule has 0 saturated carbocycles. The third-order valence-corrected chi connectivity index (χ3v) is 3.94. The molecule has 3 aromatic carbocycles. The van der Waals surface area contributed by atoms with Crippen LogP contribution in [-0.4, -0.2) is 25.7 Å². The van der Waals surface area contributed by atoms with Crippen molar-refractivity contribution >= 4 is 23.2 Å². The summed E-state index contributed by atoms with van der Waals surface area (Å²) in [5.41, 5.74) is 0.664. The molecule has 0 atom stereocenters. The van der Waals surface area contributed by atoms with E-state index >= 15 is 0 Å². The summed E-state index contributed by atoms with van der Waals surface area (Å²) in [5.74, 6) is 1.85. The van der Waals surface area contributed by atoms with Crippen LogP contribution in [0.2, 0.25) is 5.02 Å². The molecule has 0 fully saturated rings. The van der Waals surface area contributed by atoms with Crippen molar-refractivity contribution in [1.82, 2.24) is 0 Å². The summed E-state index contributed by atoms with van der Waals surface area (Å²) >= 11 is 5.81. The van der Waals surface area contributed by atoms with Crippen LogP contribution in [0, 0.1) is 0 Å². The Morgan fingerprint density at radius 2 is 1.25 bits per heavy atom. The molecule has 144 valence electrons. The van der Waals surface area contributed by atoms with Gasteiger partial charge in [0.2, 0.25) is 0 Å². The first-order chi connectivity index (χ1) is 13.7. The Kier molecular flexibility index (Phi) is 7.15. The monoisotopic (exact) mass is 397 g/mol. The van der Waals surface area contributed by atoms with Crippen molar-refractivity contribution < 1.29 is 19.0 Å². The fourth-order valence-electron chi connectivity index (χ4n) is 2.35. The highest BCUT2D eigenvalue weighted by atomic mass is 35.5. The zero-order chi connectivity index (χ0) is 19.6. The molecular weight excluding hydrogens is 378 g/mol. The van der Waals surface area contributed by atoms with E-state index in [-0.39, 0.29) is 12.5 Å². The van der Waals surface area contributed by atoms with Gasteiger partial charge in [-0.3, -0.25) is 4.79 Å². The van der Waals surface area contributed by atoms with E-state index in [1.165, 1.54) is 0 Å². The molecule has 0 bridgehead atoms. The van der Waals surface area contributed by atoms with Crippen molar-refractivity contribution in [3.8, 4) is 17.2 Å². The summed E-state index contributed by atoms with van der Waals surface area (Å²) in [6.45, 7) is 0.788. The van der Waals surface area contributed by atoms with E-state index in [9.17, 15) is 4.79 Å². The first-order valence-corrected chi connectivity index (χ1v) is 9.16. The van der Waals surface area contributed by atoms with Gasteiger partial charge in [0.05, 0.1) is 0 Å². The number of carbonyl (C=O) groups excluding carboxylic acids is 1. The predicted molar refractivity (Wildman–Crippen MR) is 109 cm³/mol. The van der Waals surface area contributed by atoms with E-state index in [2.05, 4.69) is 5.32 Å². The smallest absolute Gasteiger partial charge is 0.262 e. The van der Waals surface area contributed by atoms with E-state index in [1.54, 1.807) is 48.5 Å². The highest BCUT2D eigenvalue weighted by Gasteiger charge is 2.04. The van der Waals surface area contributed by atoms with E-state index in [1.807, 2.05) is 30.3 Å². The Morgan fingerprint density at radius 1 is 0.714 bits per heavy atom. The summed E-state index contributed by atoms with van der Waals surface area (Å²) in [6, 6.07) is 23.5. The molecule has 3 rings (SSSR count). The highest BCUT2D eigenvalue weighted by molar-refractivity contribution is 6.30. The number of rotatable bonds is 9. The normalized spacial score (nSPS) is 10.2. The number of ether oxygens (including phenoxy) is 3. The standard InChI is InChI=1S/C22H20ClNO4/c23-17-6-10-21(11-7-17)28-16-22(25)24-18-8-12-20(13-9-18)27-15-14-26-19-4-2-1-3-5-19/h1-13H,14-16H2,(H,24,25). The lowest BCUT2D eigenvalue weighted by molar-refractivity contribution is -0.118. The highest BCUT2D eigenvalue weighted by Crippen LogP contribution is 2.17. The molecule has 0 radical (unpaired) electrons. The molecule has 0 unspecified atom stereocenters. The van der Waals surface area contributed by atoms with Gasteiger partial charge in [0.25, 0.3) is 5.91 Å². The summed E-state index contributed by atoms with van der Waals surface area (Å²) in [5, 5.41) is 3.39. The van der Waals surface area contributed by atoms with Gasteiger partial charge in [0.15, 0.2) is 6.61 Å². The number of halogens is 1. The lowest BCUT2D eigenvalue weighted by Gasteiger charge is -2.10. The SMILES string of the molecule is O=C(COc1ccc(Cl)cc1)Nc1ccc(OCCOc2ccccc2)cc1. The van der Waals surface area contributed by atoms with Gasteiger partial charge in [-0.25, -0.2) is 0 Å². The van der Waals surface area contributed by atoms with Crippen LogP contribution >= 0.6 is 11.6 Å². The van der Waals surface area contributed by atoms with E-state index in [4.69, 9.17) is 25.8 Å². The molecule has 0 spiro atoms. The number of amides is 1. The number of hydrogen-bond donors (Lipinski definition) is 1. The second-order valence-corrected chi connectivity index (χ2v) is 6.26. The fraction of sp³-hybridized carbons (Fsp3) is 0.136. The maximum atomic E-state index is 12.0. The van der Waals surface area contributed by atoms with Gasteiger partial charge in [-0.1, -0.05) is 29.8 Å². The average molecular weight is 398 g/mol. The fourth-order valence-corrected chi connectivity index (χ4v) is 2.47. The van der Waals surface area contributed by atoms with Gasteiger partial charge in [0, 0.05) is 10.7 Å². The van der Waals surface area contributed by atoms with Gasteiger partial charge >= 0.3 is 0 Å². The van der Waals surface area contributed by atoms with Gasteiger partial charge in [-0.2, -0.15) is 0 Å². The quantitative estimate of drug-likeness (QED) is 0.526. The van der Waals surface area contributed by atoms with Crippen LogP contribution in [0.15, 0.2) is 78.9 Å². The number of carbonyl (C=O) groups is 1. The van der Waals surface area contributed by atoms with E-state index < -0.39 is 0 Å². The van der Waals surface area contributed by atoms with E-state index in [0.29, 0.717) is 35.4 Å². The Morgan fingerprint density at radius 3 is 1.89 bits per heavy atom. The van der Waals surface area contributed by atoms with Crippen molar-refractivity contribution in [1.29, 1.82) is 0 Å². The third-order valence-electron chi connectivity index (χ3n) is 3.69. The van der Waals surface area contributed by atoms with Gasteiger partial charge in [0.1, 0.15) is 30.5 Å². The maximum Gasteiger partial charge on any atom is 0.262 e. The van der Waals surface area contributed by atoms with Crippen molar-refractivity contribution in [2.24, 2.45) is 0 Å². The molecule has 0 aromatic heterocycles. The molecule has 0 saturated heterocycles. The molecule has 0 heterocycles. The Labute approximate surface area is 168 Å². The second kappa shape index (κ2) is 10.2. The first-order valence-electron chi connectivity index (χ1n) is 8.78. The molecule has 0 aliphatic carbocycles. The lowest BCUT2D eigenvalue weighted by Crippen LogP contribution is -2.20. The largest absolute Gasteiger partial charge is 0.490 e. The lowest BCUT2D eigenvalue weighted by atomic mass is 10.3. The minimum Gasteiger partial charge on any atom is -0.490 e. The number of hydrogen-bond acceptors (Lipinski definition) is 4. The summed E-state index contributed by atoms with van der Waals surface area (Å²) in [6.07, 6.45) is 0. The van der Waals surface area contributed by atoms with Gasteiger partial charge < -0.3 is 19.5 Å². The van der Waals surface area contributed by atoms with Crippen LogP contribution in [0.4, 0.5) is 5.69 Å². The van der Waals surface area contributed by atoms with Gasteiger partial charge in [-0.05, 0) is 60.7 Å². The number of para-hydroxylation sites is 1. The van der Waals surface area contributed by atoms with Crippen molar-refractivity contribution in [3.63, 3.8) is 0 Å². The molecular formula is C22H20ClNO4. The predicted octanol–water partition coefficient (Wildman–Crippen LogP) is 4.82. The summed E-state index contributed by atoms with van der Waals surface area (Å²) in [4.78, 5) is 12.0. The van der Waals surface area contributed by atoms with Crippen molar-refractivity contribution in [2.45, 2.75) is 0 Å². The molecule has 5 nitrogen and oxygen atoms in total. The third kappa shape index (κ3) is 6.52. The summed E-state index contributed by atoms with van der Waals surface area (Å²) < 4.78 is 16.6. The first kappa shape index (κ1) is 19.6. The van der Waals surface area contributed by atoms with Crippen LogP contribution in [0.1, 0.15) is 0 Å². The molecule has 6 heteroatoms. The Hall–Kier alpha value is -3.18. The maximum absolute atomic E-state index is 12.0. The number of anilines is 1. The zero-order valence-electron chi connectivity index (χ0n) is 15.1. The molecule has 0 aliphatic rings. The molecule has 0 aliphatic heterocycles. The van der Waals surface area contributed by atoms with E-state index in [0.717, 1.165) is 5.75 Å². The van der Waals surface area contributed by atoms with Gasteiger partial charge in [-0.15, -0.1) is 0 Å². The minimum absolute atomic E-state index is 0.0866. The second-order valence-electron chi connectivity index (χ2n) is 5.83. The number of benzene rings is 3.